The van der Waals surface area contributed by atoms with Crippen LogP contribution in [0.25, 0.3) is 10.8 Å². The van der Waals surface area contributed by atoms with Crippen molar-refractivity contribution in [2.24, 2.45) is 0 Å². The second-order valence-corrected chi connectivity index (χ2v) is 6.26. The second kappa shape index (κ2) is 6.11. The molecule has 0 spiro atoms. The Labute approximate surface area is 153 Å². The van der Waals surface area contributed by atoms with Crippen LogP contribution in [0.5, 0.6) is 0 Å². The summed E-state index contributed by atoms with van der Waals surface area (Å²) < 4.78 is 0. The Morgan fingerprint density at radius 1 is 0.545 bits per heavy atom. The van der Waals surface area contributed by atoms with Gasteiger partial charge < -0.3 is 10.2 Å². The molecule has 0 aliphatic rings. The second-order valence-electron chi connectivity index (χ2n) is 3.99. The number of carboxylic acids is 2. The molecule has 0 unspecified atom stereocenters. The Morgan fingerprint density at radius 2 is 0.818 bits per heavy atom. The number of carboxylic acid groups (broad SMARTS) is 2. The summed E-state index contributed by atoms with van der Waals surface area (Å²) in [4.78, 5) is 22.9. The Morgan fingerprint density at radius 3 is 1.05 bits per heavy atom. The Bertz CT molecular complexity index is 790. The first kappa shape index (κ1) is 17.7. The maximum atomic E-state index is 11.5. The average Bonchev–Trinajstić information content (AvgIpc) is 2.43. The molecular formula is C12H2Cl6O4. The van der Waals surface area contributed by atoms with Gasteiger partial charge in [-0.2, -0.15) is 0 Å². The van der Waals surface area contributed by atoms with Gasteiger partial charge in [-0.25, -0.2) is 9.59 Å². The minimum Gasteiger partial charge on any atom is -0.478 e. The van der Waals surface area contributed by atoms with E-state index in [2.05, 4.69) is 0 Å². The van der Waals surface area contributed by atoms with Crippen LogP contribution in [0.3, 0.4) is 0 Å². The molecule has 0 aliphatic heterocycles. The Hall–Kier alpha value is -0.620. The third kappa shape index (κ3) is 2.48. The summed E-state index contributed by atoms with van der Waals surface area (Å²) in [6.45, 7) is 0. The van der Waals surface area contributed by atoms with Crippen LogP contribution in [0, 0.1) is 0 Å². The SMILES string of the molecule is O=C(O)c1c(Cl)c(Cl)c(Cl)c2c(C(=O)O)c(Cl)c(Cl)c(Cl)c12. The van der Waals surface area contributed by atoms with E-state index in [9.17, 15) is 19.8 Å². The van der Waals surface area contributed by atoms with E-state index in [4.69, 9.17) is 69.6 Å². The van der Waals surface area contributed by atoms with Gasteiger partial charge in [0.15, 0.2) is 0 Å². The molecule has 0 radical (unpaired) electrons. The normalized spacial score (nSPS) is 11.0. The van der Waals surface area contributed by atoms with E-state index in [1.165, 1.54) is 0 Å². The van der Waals surface area contributed by atoms with E-state index in [1.54, 1.807) is 0 Å². The molecular weight excluding hydrogens is 421 g/mol. The third-order valence-corrected chi connectivity index (χ3v) is 5.48. The van der Waals surface area contributed by atoms with Crippen LogP contribution in [0.4, 0.5) is 0 Å². The predicted molar refractivity (Wildman–Crippen MR) is 87.9 cm³/mol. The smallest absolute Gasteiger partial charge is 0.337 e. The molecule has 22 heavy (non-hydrogen) atoms. The lowest BCUT2D eigenvalue weighted by atomic mass is 9.99. The van der Waals surface area contributed by atoms with E-state index in [0.717, 1.165) is 0 Å². The molecule has 0 aliphatic carbocycles. The number of carbonyl (C=O) groups is 2. The summed E-state index contributed by atoms with van der Waals surface area (Å²) in [6, 6.07) is 0. The molecule has 116 valence electrons. The molecule has 0 atom stereocenters. The molecule has 0 saturated carbocycles. The van der Waals surface area contributed by atoms with E-state index in [-0.39, 0.29) is 40.9 Å². The minimum atomic E-state index is -1.48. The van der Waals surface area contributed by atoms with Gasteiger partial charge in [0.05, 0.1) is 41.3 Å². The van der Waals surface area contributed by atoms with Crippen LogP contribution in [0.1, 0.15) is 20.7 Å². The van der Waals surface area contributed by atoms with Gasteiger partial charge in [-0.05, 0) is 0 Å². The third-order valence-electron chi connectivity index (χ3n) is 2.83. The van der Waals surface area contributed by atoms with E-state index >= 15 is 0 Å². The average molecular weight is 423 g/mol. The minimum absolute atomic E-state index is 0.250. The van der Waals surface area contributed by atoms with Crippen molar-refractivity contribution in [1.82, 2.24) is 0 Å². The monoisotopic (exact) mass is 420 g/mol. The van der Waals surface area contributed by atoms with Crippen molar-refractivity contribution in [3.8, 4) is 0 Å². The van der Waals surface area contributed by atoms with Crippen LogP contribution in [0.2, 0.25) is 30.1 Å². The van der Waals surface area contributed by atoms with Crippen LogP contribution in [-0.4, -0.2) is 22.2 Å². The number of aromatic carboxylic acids is 2. The molecule has 4 nitrogen and oxygen atoms in total. The van der Waals surface area contributed by atoms with Gasteiger partial charge in [-0.3, -0.25) is 0 Å². The zero-order valence-corrected chi connectivity index (χ0v) is 14.5. The summed E-state index contributed by atoms with van der Waals surface area (Å²) in [5.41, 5.74) is -1.03. The molecule has 10 heteroatoms. The molecule has 0 amide bonds. The van der Waals surface area contributed by atoms with Crippen molar-refractivity contribution < 1.29 is 19.8 Å². The maximum absolute atomic E-state index is 11.5. The lowest BCUT2D eigenvalue weighted by Crippen LogP contribution is -2.06. The first-order valence-corrected chi connectivity index (χ1v) is 7.51. The lowest BCUT2D eigenvalue weighted by molar-refractivity contribution is 0.0686. The highest BCUT2D eigenvalue weighted by atomic mass is 35.5. The van der Waals surface area contributed by atoms with Crippen LogP contribution < -0.4 is 0 Å². The zero-order chi connectivity index (χ0) is 16.9. The first-order valence-electron chi connectivity index (χ1n) is 5.24. The largest absolute Gasteiger partial charge is 0.478 e. The number of halogens is 6. The molecule has 2 N–H and O–H groups in total. The van der Waals surface area contributed by atoms with E-state index in [1.807, 2.05) is 0 Å². The number of rotatable bonds is 2. The number of hydrogen-bond acceptors (Lipinski definition) is 2. The van der Waals surface area contributed by atoms with E-state index < -0.39 is 23.1 Å². The van der Waals surface area contributed by atoms with Crippen LogP contribution in [0.15, 0.2) is 0 Å². The maximum Gasteiger partial charge on any atom is 0.337 e. The number of hydrogen-bond donors (Lipinski definition) is 2. The predicted octanol–water partition coefficient (Wildman–Crippen LogP) is 6.16. The molecule has 2 aromatic rings. The van der Waals surface area contributed by atoms with Gasteiger partial charge in [0, 0.05) is 10.8 Å². The summed E-state index contributed by atoms with van der Waals surface area (Å²) in [6.07, 6.45) is 0. The molecule has 2 aromatic carbocycles. The highest BCUT2D eigenvalue weighted by Gasteiger charge is 2.30. The topological polar surface area (TPSA) is 74.6 Å². The molecule has 0 fully saturated rings. The molecule has 0 aromatic heterocycles. The molecule has 0 bridgehead atoms. The summed E-state index contributed by atoms with van der Waals surface area (Å²) in [5.74, 6) is -2.96. The van der Waals surface area contributed by atoms with E-state index in [0.29, 0.717) is 0 Å². The Kier molecular flexibility index (Phi) is 4.93. The van der Waals surface area contributed by atoms with Crippen molar-refractivity contribution in [2.45, 2.75) is 0 Å². The number of fused-ring (bicyclic) bond motifs is 1. The highest BCUT2D eigenvalue weighted by Crippen LogP contribution is 2.49. The van der Waals surface area contributed by atoms with Gasteiger partial charge >= 0.3 is 11.9 Å². The zero-order valence-electron chi connectivity index (χ0n) is 9.98. The van der Waals surface area contributed by atoms with Crippen molar-refractivity contribution in [3.05, 3.63) is 41.3 Å². The fraction of sp³-hybridized carbons (Fsp3) is 0. The van der Waals surface area contributed by atoms with Gasteiger partial charge in [-0.15, -0.1) is 0 Å². The van der Waals surface area contributed by atoms with Crippen molar-refractivity contribution in [3.63, 3.8) is 0 Å². The van der Waals surface area contributed by atoms with Gasteiger partial charge in [-0.1, -0.05) is 69.6 Å². The Balaban J connectivity index is 3.33. The summed E-state index contributed by atoms with van der Waals surface area (Å²) in [5, 5.41) is 16.1. The van der Waals surface area contributed by atoms with Crippen LogP contribution >= 0.6 is 69.6 Å². The fourth-order valence-electron chi connectivity index (χ4n) is 1.94. The van der Waals surface area contributed by atoms with Gasteiger partial charge in [0.1, 0.15) is 0 Å². The summed E-state index contributed by atoms with van der Waals surface area (Å²) >= 11 is 35.6. The molecule has 0 saturated heterocycles. The standard InChI is InChI=1S/C12H2Cl6O4/c13-5-1-2(4(12(21)22)8(16)9(5)17)6(14)10(18)7(15)3(1)11(19)20/h(H,19,20)(H,21,22). The van der Waals surface area contributed by atoms with Crippen molar-refractivity contribution in [1.29, 1.82) is 0 Å². The van der Waals surface area contributed by atoms with Gasteiger partial charge in [0.2, 0.25) is 0 Å². The molecule has 0 heterocycles. The quantitative estimate of drug-likeness (QED) is 0.568. The van der Waals surface area contributed by atoms with Crippen molar-refractivity contribution in [2.75, 3.05) is 0 Å². The van der Waals surface area contributed by atoms with Gasteiger partial charge in [0.25, 0.3) is 0 Å². The van der Waals surface area contributed by atoms with Crippen molar-refractivity contribution >= 4 is 92.3 Å². The molecule has 2 rings (SSSR count). The highest BCUT2D eigenvalue weighted by molar-refractivity contribution is 6.57. The number of benzene rings is 2. The lowest BCUT2D eigenvalue weighted by Gasteiger charge is -2.16. The van der Waals surface area contributed by atoms with Crippen LogP contribution in [-0.2, 0) is 0 Å². The summed E-state index contributed by atoms with van der Waals surface area (Å²) in [7, 11) is 0. The first-order chi connectivity index (χ1) is 10.1. The fourth-order valence-corrected chi connectivity index (χ4v) is 3.52.